The highest BCUT2D eigenvalue weighted by Gasteiger charge is 2.40. The second-order valence-electron chi connectivity index (χ2n) is 6.78. The molecule has 3 saturated heterocycles. The van der Waals surface area contributed by atoms with E-state index in [2.05, 4.69) is 0 Å². The normalized spacial score (nSPS) is 29.5. The van der Waals surface area contributed by atoms with Crippen molar-refractivity contribution in [1.82, 2.24) is 9.80 Å². The van der Waals surface area contributed by atoms with Gasteiger partial charge in [0.2, 0.25) is 5.91 Å². The lowest BCUT2D eigenvalue weighted by molar-refractivity contribution is -0.187. The van der Waals surface area contributed by atoms with Gasteiger partial charge in [0.1, 0.15) is 0 Å². The molecule has 0 aromatic heterocycles. The van der Waals surface area contributed by atoms with E-state index in [9.17, 15) is 13.2 Å². The predicted octanol–water partition coefficient (Wildman–Crippen LogP) is -0.139. The highest BCUT2D eigenvalue weighted by molar-refractivity contribution is 7.91. The number of piperidine rings is 1. The zero-order valence-electron chi connectivity index (χ0n) is 13.7. The summed E-state index contributed by atoms with van der Waals surface area (Å²) in [4.78, 5) is 16.2. The molecule has 1 atom stereocenters. The Morgan fingerprint density at radius 2 is 1.91 bits per heavy atom. The number of likely N-dealkylation sites (tertiary alicyclic amines) is 1. The summed E-state index contributed by atoms with van der Waals surface area (Å²) in [5.41, 5.74) is 0. The van der Waals surface area contributed by atoms with Crippen molar-refractivity contribution in [3.8, 4) is 0 Å². The maximum Gasteiger partial charge on any atom is 0.223 e. The van der Waals surface area contributed by atoms with E-state index in [4.69, 9.17) is 9.47 Å². The Bertz CT molecular complexity index is 534. The molecule has 0 bridgehead atoms. The SMILES string of the molecule is CN(CCC(=O)N1CCC2(CC1)OCCO2)C1CCS(=O)(=O)C1. The maximum atomic E-state index is 12.3. The number of sulfone groups is 1. The van der Waals surface area contributed by atoms with Crippen LogP contribution >= 0.6 is 0 Å². The molecule has 0 radical (unpaired) electrons. The van der Waals surface area contributed by atoms with E-state index in [-0.39, 0.29) is 23.5 Å². The monoisotopic (exact) mass is 346 g/mol. The molecule has 1 spiro atoms. The van der Waals surface area contributed by atoms with Gasteiger partial charge in [0.25, 0.3) is 0 Å². The van der Waals surface area contributed by atoms with Crippen LogP contribution in [0.3, 0.4) is 0 Å². The van der Waals surface area contributed by atoms with Crippen molar-refractivity contribution in [3.05, 3.63) is 0 Å². The molecule has 3 fully saturated rings. The summed E-state index contributed by atoms with van der Waals surface area (Å²) in [6, 6.07) is 0.0534. The quantitative estimate of drug-likeness (QED) is 0.705. The number of ether oxygens (including phenoxy) is 2. The van der Waals surface area contributed by atoms with Crippen LogP contribution in [0.2, 0.25) is 0 Å². The number of hydrogen-bond acceptors (Lipinski definition) is 6. The van der Waals surface area contributed by atoms with Gasteiger partial charge in [-0.05, 0) is 13.5 Å². The van der Waals surface area contributed by atoms with Crippen LogP contribution in [-0.2, 0) is 24.1 Å². The van der Waals surface area contributed by atoms with E-state index in [0.717, 1.165) is 12.8 Å². The van der Waals surface area contributed by atoms with Crippen molar-refractivity contribution in [1.29, 1.82) is 0 Å². The maximum absolute atomic E-state index is 12.3. The molecule has 0 aliphatic carbocycles. The van der Waals surface area contributed by atoms with Crippen LogP contribution in [0, 0.1) is 0 Å². The molecule has 3 aliphatic rings. The Kier molecular flexibility index (Phi) is 4.96. The van der Waals surface area contributed by atoms with Crippen LogP contribution in [-0.4, -0.2) is 87.4 Å². The highest BCUT2D eigenvalue weighted by Crippen LogP contribution is 2.31. The van der Waals surface area contributed by atoms with Gasteiger partial charge in [0, 0.05) is 44.9 Å². The Morgan fingerprint density at radius 3 is 2.48 bits per heavy atom. The molecule has 0 N–H and O–H groups in total. The van der Waals surface area contributed by atoms with E-state index in [0.29, 0.717) is 45.7 Å². The molecular weight excluding hydrogens is 320 g/mol. The molecule has 1 unspecified atom stereocenters. The Balaban J connectivity index is 1.41. The first-order valence-electron chi connectivity index (χ1n) is 8.36. The van der Waals surface area contributed by atoms with Gasteiger partial charge in [-0.1, -0.05) is 0 Å². The molecule has 1 amide bonds. The Labute approximate surface area is 137 Å². The van der Waals surface area contributed by atoms with Crippen molar-refractivity contribution >= 4 is 15.7 Å². The predicted molar refractivity (Wildman–Crippen MR) is 84.8 cm³/mol. The molecule has 7 nitrogen and oxygen atoms in total. The van der Waals surface area contributed by atoms with Crippen molar-refractivity contribution in [2.24, 2.45) is 0 Å². The van der Waals surface area contributed by atoms with Crippen LogP contribution in [0.15, 0.2) is 0 Å². The van der Waals surface area contributed by atoms with E-state index >= 15 is 0 Å². The summed E-state index contributed by atoms with van der Waals surface area (Å²) in [5, 5.41) is 0. The average molecular weight is 346 g/mol. The van der Waals surface area contributed by atoms with Crippen molar-refractivity contribution in [2.75, 3.05) is 51.4 Å². The largest absolute Gasteiger partial charge is 0.347 e. The van der Waals surface area contributed by atoms with E-state index in [1.54, 1.807) is 0 Å². The summed E-state index contributed by atoms with van der Waals surface area (Å²) < 4.78 is 34.4. The number of hydrogen-bond donors (Lipinski definition) is 0. The fourth-order valence-electron chi connectivity index (χ4n) is 3.62. The fourth-order valence-corrected chi connectivity index (χ4v) is 5.42. The third-order valence-electron chi connectivity index (χ3n) is 5.20. The molecule has 0 saturated carbocycles. The summed E-state index contributed by atoms with van der Waals surface area (Å²) in [6.45, 7) is 3.22. The summed E-state index contributed by atoms with van der Waals surface area (Å²) in [7, 11) is -0.970. The van der Waals surface area contributed by atoms with Crippen molar-refractivity contribution in [2.45, 2.75) is 37.5 Å². The van der Waals surface area contributed by atoms with Crippen molar-refractivity contribution < 1.29 is 22.7 Å². The van der Waals surface area contributed by atoms with Gasteiger partial charge in [0.15, 0.2) is 15.6 Å². The lowest BCUT2D eigenvalue weighted by Crippen LogP contribution is -2.48. The second-order valence-corrected chi connectivity index (χ2v) is 9.00. The number of amides is 1. The van der Waals surface area contributed by atoms with Gasteiger partial charge in [-0.25, -0.2) is 8.42 Å². The molecule has 3 rings (SSSR count). The number of carbonyl (C=O) groups excluding carboxylic acids is 1. The van der Waals surface area contributed by atoms with Crippen LogP contribution in [0.1, 0.15) is 25.7 Å². The number of carbonyl (C=O) groups is 1. The first-order valence-corrected chi connectivity index (χ1v) is 10.2. The summed E-state index contributed by atoms with van der Waals surface area (Å²) >= 11 is 0. The summed E-state index contributed by atoms with van der Waals surface area (Å²) in [5.74, 6) is 0.166. The first-order chi connectivity index (χ1) is 10.9. The van der Waals surface area contributed by atoms with Gasteiger partial charge >= 0.3 is 0 Å². The van der Waals surface area contributed by atoms with Crippen LogP contribution in [0.25, 0.3) is 0 Å². The number of rotatable bonds is 4. The van der Waals surface area contributed by atoms with Gasteiger partial charge in [-0.15, -0.1) is 0 Å². The second kappa shape index (κ2) is 6.66. The Morgan fingerprint density at radius 1 is 1.26 bits per heavy atom. The molecule has 132 valence electrons. The molecule has 0 aromatic carbocycles. The van der Waals surface area contributed by atoms with Gasteiger partial charge in [-0.3, -0.25) is 4.79 Å². The third kappa shape index (κ3) is 4.04. The standard InChI is InChI=1S/C15H26N2O5S/c1-16(13-3-11-23(19,20)12-13)6-2-14(18)17-7-4-15(5-8-17)21-9-10-22-15/h13H,2-12H2,1H3. The summed E-state index contributed by atoms with van der Waals surface area (Å²) in [6.07, 6.45) is 2.57. The topological polar surface area (TPSA) is 76.2 Å². The average Bonchev–Trinajstić information content (AvgIpc) is 3.12. The Hall–Kier alpha value is -0.700. The minimum absolute atomic E-state index is 0.0534. The van der Waals surface area contributed by atoms with Crippen LogP contribution < -0.4 is 0 Å². The molecule has 8 heteroatoms. The molecular formula is C15H26N2O5S. The van der Waals surface area contributed by atoms with Crippen LogP contribution in [0.4, 0.5) is 0 Å². The fraction of sp³-hybridized carbons (Fsp3) is 0.933. The zero-order valence-corrected chi connectivity index (χ0v) is 14.5. The van der Waals surface area contributed by atoms with Crippen molar-refractivity contribution in [3.63, 3.8) is 0 Å². The zero-order chi connectivity index (χ0) is 16.5. The molecule has 3 heterocycles. The smallest absolute Gasteiger partial charge is 0.223 e. The van der Waals surface area contributed by atoms with E-state index in [1.165, 1.54) is 0 Å². The highest BCUT2D eigenvalue weighted by atomic mass is 32.2. The third-order valence-corrected chi connectivity index (χ3v) is 6.95. The molecule has 3 aliphatic heterocycles. The van der Waals surface area contributed by atoms with E-state index in [1.807, 2.05) is 16.8 Å². The lowest BCUT2D eigenvalue weighted by Gasteiger charge is -2.37. The number of nitrogens with zero attached hydrogens (tertiary/aromatic N) is 2. The minimum Gasteiger partial charge on any atom is -0.347 e. The molecule has 23 heavy (non-hydrogen) atoms. The van der Waals surface area contributed by atoms with Gasteiger partial charge in [0.05, 0.1) is 24.7 Å². The van der Waals surface area contributed by atoms with E-state index < -0.39 is 15.6 Å². The van der Waals surface area contributed by atoms with Crippen LogP contribution in [0.5, 0.6) is 0 Å². The van der Waals surface area contributed by atoms with Gasteiger partial charge < -0.3 is 19.3 Å². The minimum atomic E-state index is -2.88. The lowest BCUT2D eigenvalue weighted by atomic mass is 10.0. The molecule has 0 aromatic rings. The first kappa shape index (κ1) is 17.1. The van der Waals surface area contributed by atoms with Gasteiger partial charge in [-0.2, -0.15) is 0 Å².